The van der Waals surface area contributed by atoms with E-state index in [-0.39, 0.29) is 12.3 Å². The van der Waals surface area contributed by atoms with Gasteiger partial charge in [-0.2, -0.15) is 0 Å². The molecular weight excluding hydrogens is 459 g/mol. The van der Waals surface area contributed by atoms with Gasteiger partial charge < -0.3 is 14.4 Å². The van der Waals surface area contributed by atoms with Gasteiger partial charge in [-0.3, -0.25) is 9.36 Å². The first-order valence-electron chi connectivity index (χ1n) is 11.3. The maximum absolute atomic E-state index is 14.9. The molecule has 0 aliphatic heterocycles. The molecule has 180 valence electrons. The molecule has 1 heterocycles. The van der Waals surface area contributed by atoms with E-state index in [1.54, 1.807) is 74.8 Å². The Morgan fingerprint density at radius 2 is 1.40 bits per heavy atom. The summed E-state index contributed by atoms with van der Waals surface area (Å²) in [6.45, 7) is 0. The molecule has 1 aromatic heterocycles. The van der Waals surface area contributed by atoms with Crippen molar-refractivity contribution in [1.29, 1.82) is 0 Å². The van der Waals surface area contributed by atoms with Crippen LogP contribution in [0.5, 0.6) is 0 Å². The predicted octanol–water partition coefficient (Wildman–Crippen LogP) is 4.21. The molecule has 0 radical (unpaired) electrons. The Morgan fingerprint density at radius 1 is 0.886 bits per heavy atom. The Labute approximate surface area is 205 Å². The molecule has 0 aliphatic carbocycles. The van der Waals surface area contributed by atoms with Crippen LogP contribution < -0.4 is 15.7 Å². The van der Waals surface area contributed by atoms with Gasteiger partial charge in [0.15, 0.2) is 0 Å². The van der Waals surface area contributed by atoms with Gasteiger partial charge in [-0.25, -0.2) is 5.09 Å². The number of amides is 1. The van der Waals surface area contributed by atoms with Crippen molar-refractivity contribution in [2.24, 2.45) is 0 Å². The number of rotatable bonds is 9. The normalized spacial score (nSPS) is 14.1. The molecule has 35 heavy (non-hydrogen) atoms. The highest BCUT2D eigenvalue weighted by atomic mass is 31.2. The van der Waals surface area contributed by atoms with Crippen LogP contribution in [-0.4, -0.2) is 30.0 Å². The first kappa shape index (κ1) is 24.7. The van der Waals surface area contributed by atoms with E-state index in [4.69, 9.17) is 4.42 Å². The number of hydrogen-bond donors (Lipinski definition) is 2. The van der Waals surface area contributed by atoms with Crippen LogP contribution in [0, 0.1) is 0 Å². The molecule has 1 amide bonds. The van der Waals surface area contributed by atoms with Gasteiger partial charge in [-0.05, 0) is 42.0 Å². The number of carbonyl (C=O) groups is 1. The minimum Gasteiger partial charge on any atom is -0.468 e. The zero-order chi connectivity index (χ0) is 24.9. The third-order valence-electron chi connectivity index (χ3n) is 6.05. The first-order chi connectivity index (χ1) is 16.8. The lowest BCUT2D eigenvalue weighted by molar-refractivity contribution is -0.136. The number of hydrogen-bond acceptors (Lipinski definition) is 4. The molecular formula is C28H29N2O4P. The van der Waals surface area contributed by atoms with Crippen molar-refractivity contribution in [3.05, 3.63) is 121 Å². The smallest absolute Gasteiger partial charge is 0.225 e. The van der Waals surface area contributed by atoms with E-state index in [0.29, 0.717) is 21.9 Å². The Kier molecular flexibility index (Phi) is 7.37. The van der Waals surface area contributed by atoms with Gasteiger partial charge in [-0.15, -0.1) is 0 Å². The van der Waals surface area contributed by atoms with Gasteiger partial charge in [0.05, 0.1) is 12.7 Å². The van der Waals surface area contributed by atoms with E-state index in [0.717, 1.165) is 0 Å². The topological polar surface area (TPSA) is 82.8 Å². The minimum atomic E-state index is -3.50. The van der Waals surface area contributed by atoms with Gasteiger partial charge in [0.2, 0.25) is 13.2 Å². The molecule has 2 atom stereocenters. The summed E-state index contributed by atoms with van der Waals surface area (Å²) in [6, 6.07) is 29.6. The average molecular weight is 489 g/mol. The number of nitrogens with one attached hydrogen (secondary N) is 1. The van der Waals surface area contributed by atoms with Gasteiger partial charge in [0.25, 0.3) is 0 Å². The molecule has 0 fully saturated rings. The van der Waals surface area contributed by atoms with Crippen molar-refractivity contribution in [3.63, 3.8) is 0 Å². The quantitative estimate of drug-likeness (QED) is 0.345. The molecule has 4 rings (SSSR count). The third-order valence-corrected chi connectivity index (χ3v) is 8.72. The fraction of sp³-hybridized carbons (Fsp3) is 0.179. The van der Waals surface area contributed by atoms with E-state index in [1.165, 1.54) is 11.2 Å². The van der Waals surface area contributed by atoms with Crippen LogP contribution in [-0.2, 0) is 15.0 Å². The number of aliphatic hydroxyl groups is 1. The summed E-state index contributed by atoms with van der Waals surface area (Å²) in [6.07, 6.45) is 1.26. The van der Waals surface area contributed by atoms with E-state index < -0.39 is 18.9 Å². The van der Waals surface area contributed by atoms with Crippen molar-refractivity contribution in [1.82, 2.24) is 9.99 Å². The van der Waals surface area contributed by atoms with Crippen LogP contribution in [0.25, 0.3) is 0 Å². The Balaban J connectivity index is 1.91. The maximum Gasteiger partial charge on any atom is 0.225 e. The van der Waals surface area contributed by atoms with Gasteiger partial charge in [0.1, 0.15) is 17.4 Å². The molecule has 3 aromatic carbocycles. The highest BCUT2D eigenvalue weighted by Crippen LogP contribution is 2.48. The third kappa shape index (κ3) is 5.15. The Hall–Kier alpha value is -3.44. The second-order valence-electron chi connectivity index (χ2n) is 8.61. The van der Waals surface area contributed by atoms with E-state index in [1.807, 2.05) is 42.5 Å². The molecule has 0 aliphatic rings. The minimum absolute atomic E-state index is 0.244. The molecule has 7 heteroatoms. The highest BCUT2D eigenvalue weighted by molar-refractivity contribution is 7.76. The molecule has 0 saturated heterocycles. The van der Waals surface area contributed by atoms with Crippen molar-refractivity contribution < 1.29 is 18.9 Å². The van der Waals surface area contributed by atoms with Crippen LogP contribution >= 0.6 is 7.29 Å². The van der Waals surface area contributed by atoms with Crippen LogP contribution in [0.4, 0.5) is 0 Å². The van der Waals surface area contributed by atoms with E-state index in [9.17, 15) is 14.5 Å². The van der Waals surface area contributed by atoms with Gasteiger partial charge in [0, 0.05) is 24.7 Å². The summed E-state index contributed by atoms with van der Waals surface area (Å²) < 4.78 is 20.6. The number of benzene rings is 3. The second kappa shape index (κ2) is 10.4. The Morgan fingerprint density at radius 3 is 1.86 bits per heavy atom. The van der Waals surface area contributed by atoms with Crippen LogP contribution in [0.15, 0.2) is 114 Å². The lowest BCUT2D eigenvalue weighted by Crippen LogP contribution is -2.46. The molecule has 2 N–H and O–H groups in total. The molecule has 0 bridgehead atoms. The summed E-state index contributed by atoms with van der Waals surface area (Å²) >= 11 is 0. The molecule has 0 spiro atoms. The fourth-order valence-corrected chi connectivity index (χ4v) is 6.59. The largest absolute Gasteiger partial charge is 0.468 e. The maximum atomic E-state index is 14.9. The Bertz CT molecular complexity index is 1240. The molecule has 0 saturated carbocycles. The molecule has 6 nitrogen and oxygen atoms in total. The highest BCUT2D eigenvalue weighted by Gasteiger charge is 2.46. The lowest BCUT2D eigenvalue weighted by atomic mass is 9.82. The zero-order valence-electron chi connectivity index (χ0n) is 19.7. The van der Waals surface area contributed by atoms with Crippen LogP contribution in [0.3, 0.4) is 0 Å². The van der Waals surface area contributed by atoms with Crippen molar-refractivity contribution >= 4 is 23.8 Å². The van der Waals surface area contributed by atoms with Gasteiger partial charge in [-0.1, -0.05) is 66.7 Å². The lowest BCUT2D eigenvalue weighted by Gasteiger charge is -2.38. The number of carbonyl (C=O) groups excluding carboxylic acids is 1. The standard InChI is InChI=1S/C28H29N2O4P/c1-30(2)26(31)21-28(32,22-13-6-3-7-14-22)27(25-19-12-20-34-25)29-35(33,23-15-8-4-9-16-23)24-17-10-5-11-18-24/h3-20,27,32H,21H2,1-2H3,(H,29,33)/t27-,28+/m0/s1. The summed E-state index contributed by atoms with van der Waals surface area (Å²) in [4.78, 5) is 14.4. The van der Waals surface area contributed by atoms with Gasteiger partial charge >= 0.3 is 0 Å². The SMILES string of the molecule is CN(C)C(=O)C[C@@](O)(c1ccccc1)[C@@H](NP(=O)(c1ccccc1)c1ccccc1)c1ccco1. The number of nitrogens with zero attached hydrogens (tertiary/aromatic N) is 1. The molecule has 0 unspecified atom stereocenters. The summed E-state index contributed by atoms with van der Waals surface area (Å²) in [5.41, 5.74) is -1.25. The van der Waals surface area contributed by atoms with Crippen LogP contribution in [0.1, 0.15) is 23.8 Å². The van der Waals surface area contributed by atoms with Crippen molar-refractivity contribution in [3.8, 4) is 0 Å². The number of furan rings is 1. The summed E-state index contributed by atoms with van der Waals surface area (Å²) in [5.74, 6) is 0.0963. The van der Waals surface area contributed by atoms with Crippen molar-refractivity contribution in [2.75, 3.05) is 14.1 Å². The second-order valence-corrected chi connectivity index (χ2v) is 11.1. The molecule has 4 aromatic rings. The summed E-state index contributed by atoms with van der Waals surface area (Å²) in [7, 11) is -0.219. The monoisotopic (exact) mass is 488 g/mol. The average Bonchev–Trinajstić information content (AvgIpc) is 3.43. The zero-order valence-corrected chi connectivity index (χ0v) is 20.6. The predicted molar refractivity (Wildman–Crippen MR) is 138 cm³/mol. The fourth-order valence-electron chi connectivity index (χ4n) is 4.10. The van der Waals surface area contributed by atoms with E-state index in [2.05, 4.69) is 5.09 Å². The van der Waals surface area contributed by atoms with Crippen LogP contribution in [0.2, 0.25) is 0 Å². The van der Waals surface area contributed by atoms with Crippen molar-refractivity contribution in [2.45, 2.75) is 18.1 Å². The first-order valence-corrected chi connectivity index (χ1v) is 13.1. The summed E-state index contributed by atoms with van der Waals surface area (Å²) in [5, 5.41) is 16.8. The van der Waals surface area contributed by atoms with E-state index >= 15 is 0 Å².